The fourth-order valence-corrected chi connectivity index (χ4v) is 4.45. The van der Waals surface area contributed by atoms with Gasteiger partial charge in [0.1, 0.15) is 18.1 Å². The quantitative estimate of drug-likeness (QED) is 0.385. The highest BCUT2D eigenvalue weighted by atomic mass is 31.2. The van der Waals surface area contributed by atoms with E-state index >= 15 is 0 Å². The maximum absolute atomic E-state index is 13.5. The summed E-state index contributed by atoms with van der Waals surface area (Å²) in [5.74, 6) is 0.522. The van der Waals surface area contributed by atoms with Crippen LogP contribution in [0.15, 0.2) is 18.2 Å². The van der Waals surface area contributed by atoms with Gasteiger partial charge in [0.15, 0.2) is 0 Å². The Bertz CT molecular complexity index is 663. The highest BCUT2D eigenvalue weighted by Gasteiger charge is 2.33. The lowest BCUT2D eigenvalue weighted by atomic mass is 9.94. The SMILES string of the molecule is CC[C@@H](C)OC(=O)[C@H](C)NP(=O)(COC)Oc1c(C(C)C)cccc1C(C)C. The Balaban J connectivity index is 3.19. The van der Waals surface area contributed by atoms with Crippen LogP contribution in [0.5, 0.6) is 5.75 Å². The zero-order valence-electron chi connectivity index (χ0n) is 18.4. The minimum absolute atomic E-state index is 0.155. The molecule has 28 heavy (non-hydrogen) atoms. The first-order chi connectivity index (χ1) is 13.0. The lowest BCUT2D eigenvalue weighted by molar-refractivity contribution is -0.149. The van der Waals surface area contributed by atoms with E-state index in [1.807, 2.05) is 32.0 Å². The van der Waals surface area contributed by atoms with Crippen LogP contribution in [0.3, 0.4) is 0 Å². The Morgan fingerprint density at radius 3 is 2.04 bits per heavy atom. The average molecular weight is 413 g/mol. The summed E-state index contributed by atoms with van der Waals surface area (Å²) in [6.45, 7) is 13.6. The van der Waals surface area contributed by atoms with Crippen molar-refractivity contribution < 1.29 is 23.4 Å². The van der Waals surface area contributed by atoms with E-state index in [2.05, 4.69) is 32.8 Å². The smallest absolute Gasteiger partial charge is 0.342 e. The fraction of sp³-hybridized carbons (Fsp3) is 0.667. The first-order valence-corrected chi connectivity index (χ1v) is 11.7. The predicted molar refractivity (Wildman–Crippen MR) is 113 cm³/mol. The van der Waals surface area contributed by atoms with Gasteiger partial charge in [0.25, 0.3) is 0 Å². The molecule has 0 saturated heterocycles. The van der Waals surface area contributed by atoms with Crippen LogP contribution in [0.25, 0.3) is 0 Å². The summed E-state index contributed by atoms with van der Waals surface area (Å²) in [6, 6.07) is 5.15. The molecule has 3 atom stereocenters. The maximum Gasteiger partial charge on any atom is 0.342 e. The number of carbonyl (C=O) groups is 1. The normalized spacial score (nSPS) is 15.9. The number of methoxy groups -OCH3 is 1. The summed E-state index contributed by atoms with van der Waals surface area (Å²) in [6.07, 6.45) is 0.357. The van der Waals surface area contributed by atoms with Crippen LogP contribution in [0, 0.1) is 0 Å². The molecule has 0 aromatic heterocycles. The van der Waals surface area contributed by atoms with Crippen molar-refractivity contribution in [2.45, 2.75) is 78.9 Å². The lowest BCUT2D eigenvalue weighted by Gasteiger charge is -2.27. The molecule has 0 radical (unpaired) electrons. The molecule has 0 aliphatic heterocycles. The third kappa shape index (κ3) is 6.91. The van der Waals surface area contributed by atoms with Crippen LogP contribution in [-0.2, 0) is 18.8 Å². The number of hydrogen-bond donors (Lipinski definition) is 1. The summed E-state index contributed by atoms with van der Waals surface area (Å²) in [5.41, 5.74) is 1.94. The fourth-order valence-electron chi connectivity index (χ4n) is 2.73. The number of carbonyl (C=O) groups excluding carboxylic acids is 1. The van der Waals surface area contributed by atoms with Gasteiger partial charge in [0.2, 0.25) is 0 Å². The van der Waals surface area contributed by atoms with Crippen molar-refractivity contribution in [2.75, 3.05) is 13.5 Å². The highest BCUT2D eigenvalue weighted by Crippen LogP contribution is 2.48. The van der Waals surface area contributed by atoms with Crippen molar-refractivity contribution in [2.24, 2.45) is 0 Å². The number of para-hydroxylation sites is 1. The third-order valence-electron chi connectivity index (χ3n) is 4.49. The van der Waals surface area contributed by atoms with Gasteiger partial charge in [-0.2, -0.15) is 0 Å². The molecule has 1 unspecified atom stereocenters. The summed E-state index contributed by atoms with van der Waals surface area (Å²) < 4.78 is 30.1. The number of hydrogen-bond acceptors (Lipinski definition) is 5. The van der Waals surface area contributed by atoms with Crippen LogP contribution in [0.1, 0.15) is 77.8 Å². The van der Waals surface area contributed by atoms with Crippen LogP contribution >= 0.6 is 7.52 Å². The summed E-state index contributed by atoms with van der Waals surface area (Å²) in [4.78, 5) is 12.3. The minimum Gasteiger partial charge on any atom is -0.462 e. The van der Waals surface area contributed by atoms with Crippen molar-refractivity contribution in [3.63, 3.8) is 0 Å². The van der Waals surface area contributed by atoms with Gasteiger partial charge in [-0.25, -0.2) is 5.09 Å². The first kappa shape index (κ1) is 24.7. The maximum atomic E-state index is 13.5. The molecule has 0 saturated carbocycles. The van der Waals surface area contributed by atoms with E-state index in [4.69, 9.17) is 14.0 Å². The molecule has 1 aromatic rings. The van der Waals surface area contributed by atoms with Gasteiger partial charge < -0.3 is 14.0 Å². The summed E-state index contributed by atoms with van der Waals surface area (Å²) >= 11 is 0. The van der Waals surface area contributed by atoms with Crippen molar-refractivity contribution in [3.8, 4) is 5.75 Å². The molecule has 0 heterocycles. The summed E-state index contributed by atoms with van der Waals surface area (Å²) in [7, 11) is -2.05. The Kier molecular flexibility index (Phi) is 9.68. The Morgan fingerprint density at radius 1 is 1.07 bits per heavy atom. The van der Waals surface area contributed by atoms with Gasteiger partial charge in [-0.15, -0.1) is 0 Å². The van der Waals surface area contributed by atoms with E-state index in [0.717, 1.165) is 11.1 Å². The van der Waals surface area contributed by atoms with Gasteiger partial charge in [0, 0.05) is 7.11 Å². The molecule has 0 fully saturated rings. The first-order valence-electron chi connectivity index (χ1n) is 9.93. The van der Waals surface area contributed by atoms with Gasteiger partial charge in [0.05, 0.1) is 6.10 Å². The van der Waals surface area contributed by atoms with Crippen LogP contribution in [-0.4, -0.2) is 31.6 Å². The Labute approximate surface area is 169 Å². The number of ether oxygens (including phenoxy) is 2. The molecule has 0 bridgehead atoms. The van der Waals surface area contributed by atoms with Crippen molar-refractivity contribution in [3.05, 3.63) is 29.3 Å². The van der Waals surface area contributed by atoms with E-state index in [-0.39, 0.29) is 24.3 Å². The van der Waals surface area contributed by atoms with E-state index in [9.17, 15) is 9.36 Å². The monoisotopic (exact) mass is 413 g/mol. The third-order valence-corrected chi connectivity index (χ3v) is 6.35. The van der Waals surface area contributed by atoms with E-state index in [1.165, 1.54) is 7.11 Å². The molecule has 0 aliphatic carbocycles. The van der Waals surface area contributed by atoms with Crippen molar-refractivity contribution in [1.29, 1.82) is 0 Å². The van der Waals surface area contributed by atoms with E-state index in [0.29, 0.717) is 12.2 Å². The van der Waals surface area contributed by atoms with Gasteiger partial charge in [-0.05, 0) is 43.2 Å². The number of benzene rings is 1. The Hall–Kier alpha value is -1.36. The molecule has 1 aromatic carbocycles. The molecule has 1 rings (SSSR count). The van der Waals surface area contributed by atoms with E-state index in [1.54, 1.807) is 6.92 Å². The van der Waals surface area contributed by atoms with Crippen LogP contribution in [0.2, 0.25) is 0 Å². The molecule has 6 nitrogen and oxygen atoms in total. The molecular formula is C21H36NO5P. The zero-order chi connectivity index (χ0) is 21.5. The van der Waals surface area contributed by atoms with Crippen molar-refractivity contribution >= 4 is 13.5 Å². The topological polar surface area (TPSA) is 73.9 Å². The molecule has 0 aliphatic rings. The van der Waals surface area contributed by atoms with Gasteiger partial charge in [-0.1, -0.05) is 52.8 Å². The van der Waals surface area contributed by atoms with Gasteiger partial charge >= 0.3 is 13.5 Å². The molecular weight excluding hydrogens is 377 g/mol. The molecule has 1 N–H and O–H groups in total. The van der Waals surface area contributed by atoms with E-state index < -0.39 is 19.5 Å². The second kappa shape index (κ2) is 11.0. The Morgan fingerprint density at radius 2 is 1.61 bits per heavy atom. The number of rotatable bonds is 11. The predicted octanol–water partition coefficient (Wildman–Crippen LogP) is 5.43. The average Bonchev–Trinajstić information content (AvgIpc) is 2.61. The number of nitrogens with one attached hydrogen (secondary N) is 1. The standard InChI is InChI=1S/C21H36NO5P/c1-9-16(6)26-21(23)17(7)22-28(24,13-25-8)27-20-18(14(2)3)11-10-12-19(20)15(4)5/h10-12,14-17H,9,13H2,1-8H3,(H,22,24)/t16-,17+,28?/m1/s1. The molecule has 0 spiro atoms. The number of esters is 1. The van der Waals surface area contributed by atoms with Crippen LogP contribution < -0.4 is 9.61 Å². The second-order valence-electron chi connectivity index (χ2n) is 7.76. The van der Waals surface area contributed by atoms with Gasteiger partial charge in [-0.3, -0.25) is 9.36 Å². The lowest BCUT2D eigenvalue weighted by Crippen LogP contribution is -2.37. The molecule has 7 heteroatoms. The molecule has 0 amide bonds. The highest BCUT2D eigenvalue weighted by molar-refractivity contribution is 7.57. The summed E-state index contributed by atoms with van der Waals surface area (Å²) in [5, 5.41) is 2.84. The largest absolute Gasteiger partial charge is 0.462 e. The second-order valence-corrected chi connectivity index (χ2v) is 9.81. The zero-order valence-corrected chi connectivity index (χ0v) is 19.3. The minimum atomic E-state index is -3.51. The molecule has 160 valence electrons. The van der Waals surface area contributed by atoms with Crippen LogP contribution in [0.4, 0.5) is 0 Å². The van der Waals surface area contributed by atoms with Crippen molar-refractivity contribution in [1.82, 2.24) is 5.09 Å².